The third kappa shape index (κ3) is 5.98. The number of esters is 1. The number of nitrogens with zero attached hydrogens (tertiary/aromatic N) is 4. The predicted octanol–water partition coefficient (Wildman–Crippen LogP) is 4.62. The zero-order chi connectivity index (χ0) is 22.3. The van der Waals surface area contributed by atoms with E-state index in [0.717, 1.165) is 0 Å². The lowest BCUT2D eigenvalue weighted by atomic mass is 10.2. The zero-order valence-corrected chi connectivity index (χ0v) is 17.3. The Bertz CT molecular complexity index is 995. The number of ether oxygens (including phenoxy) is 1. The highest BCUT2D eigenvalue weighted by molar-refractivity contribution is 6.33. The van der Waals surface area contributed by atoms with Crippen molar-refractivity contribution in [3.63, 3.8) is 0 Å². The lowest BCUT2D eigenvalue weighted by molar-refractivity contribution is -0.384. The van der Waals surface area contributed by atoms with E-state index in [1.807, 2.05) is 6.92 Å². The number of anilines is 2. The summed E-state index contributed by atoms with van der Waals surface area (Å²) in [6.07, 6.45) is 0. The number of hydrogen-bond acceptors (Lipinski definition) is 8. The van der Waals surface area contributed by atoms with E-state index >= 15 is 0 Å². The van der Waals surface area contributed by atoms with E-state index < -0.39 is 10.9 Å². The molecule has 0 fully saturated rings. The molecule has 0 aromatic heterocycles. The van der Waals surface area contributed by atoms with Gasteiger partial charge in [0.1, 0.15) is 17.9 Å². The molecular formula is C19H20ClN5O5. The highest BCUT2D eigenvalue weighted by Gasteiger charge is 2.14. The average Bonchev–Trinajstić information content (AvgIpc) is 2.71. The lowest BCUT2D eigenvalue weighted by Crippen LogP contribution is -2.30. The molecule has 2 aromatic rings. The molecule has 0 bridgehead atoms. The van der Waals surface area contributed by atoms with Crippen LogP contribution in [0, 0.1) is 10.1 Å². The molecule has 0 aliphatic rings. The van der Waals surface area contributed by atoms with Crippen molar-refractivity contribution in [3.8, 4) is 0 Å². The van der Waals surface area contributed by atoms with Crippen molar-refractivity contribution < 1.29 is 19.2 Å². The maximum Gasteiger partial charge on any atom is 0.325 e. The first-order chi connectivity index (χ1) is 14.2. The van der Waals surface area contributed by atoms with E-state index in [1.165, 1.54) is 32.2 Å². The Morgan fingerprint density at radius 1 is 1.20 bits per heavy atom. The largest absolute Gasteiger partial charge is 0.468 e. The molecule has 0 saturated carbocycles. The first-order valence-electron chi connectivity index (χ1n) is 8.84. The minimum atomic E-state index is -0.561. The number of non-ortho nitro benzene ring substituents is 1. The number of carbonyl (C=O) groups excluding carboxylic acids is 2. The van der Waals surface area contributed by atoms with Crippen LogP contribution in [0.3, 0.4) is 0 Å². The average molecular weight is 434 g/mol. The first-order valence-corrected chi connectivity index (χ1v) is 9.22. The monoisotopic (exact) mass is 433 g/mol. The lowest BCUT2D eigenvalue weighted by Gasteiger charge is -2.22. The van der Waals surface area contributed by atoms with Crippen molar-refractivity contribution in [1.29, 1.82) is 0 Å². The molecule has 2 aromatic carbocycles. The Balaban J connectivity index is 2.37. The summed E-state index contributed by atoms with van der Waals surface area (Å²) in [6, 6.07) is 8.85. The van der Waals surface area contributed by atoms with Gasteiger partial charge in [-0.3, -0.25) is 19.7 Å². The smallest absolute Gasteiger partial charge is 0.325 e. The number of halogens is 1. The summed E-state index contributed by atoms with van der Waals surface area (Å²) in [6.45, 7) is 3.82. The summed E-state index contributed by atoms with van der Waals surface area (Å²) in [5, 5.41) is 21.7. The summed E-state index contributed by atoms with van der Waals surface area (Å²) in [7, 11) is 1.31. The van der Waals surface area contributed by atoms with Crippen LogP contribution in [0.4, 0.5) is 28.4 Å². The van der Waals surface area contributed by atoms with Crippen LogP contribution >= 0.6 is 11.6 Å². The zero-order valence-electron chi connectivity index (χ0n) is 16.6. The second-order valence-corrected chi connectivity index (χ2v) is 6.47. The molecule has 0 aliphatic carbocycles. The number of amides is 1. The van der Waals surface area contributed by atoms with Gasteiger partial charge in [-0.2, -0.15) is 0 Å². The van der Waals surface area contributed by atoms with Gasteiger partial charge in [-0.25, -0.2) is 0 Å². The van der Waals surface area contributed by atoms with Crippen LogP contribution in [0.25, 0.3) is 0 Å². The van der Waals surface area contributed by atoms with Crippen molar-refractivity contribution >= 4 is 51.9 Å². The molecule has 0 heterocycles. The summed E-state index contributed by atoms with van der Waals surface area (Å²) in [4.78, 5) is 35.2. The minimum Gasteiger partial charge on any atom is -0.468 e. The molecule has 10 nitrogen and oxygen atoms in total. The molecule has 0 atom stereocenters. The van der Waals surface area contributed by atoms with Gasteiger partial charge in [0, 0.05) is 31.3 Å². The fourth-order valence-corrected chi connectivity index (χ4v) is 2.71. The Hall–Kier alpha value is -3.53. The topological polar surface area (TPSA) is 126 Å². The number of nitro groups is 1. The van der Waals surface area contributed by atoms with Gasteiger partial charge in [0.15, 0.2) is 0 Å². The second-order valence-electron chi connectivity index (χ2n) is 6.07. The number of azo groups is 1. The quantitative estimate of drug-likeness (QED) is 0.280. The number of likely N-dealkylation sites (N-methyl/N-ethyl adjacent to an activating group) is 1. The maximum atomic E-state index is 11.6. The molecule has 11 heteroatoms. The molecule has 30 heavy (non-hydrogen) atoms. The van der Waals surface area contributed by atoms with E-state index in [1.54, 1.807) is 23.1 Å². The summed E-state index contributed by atoms with van der Waals surface area (Å²) < 4.78 is 4.71. The molecule has 0 unspecified atom stereocenters. The van der Waals surface area contributed by atoms with Gasteiger partial charge in [0.2, 0.25) is 5.91 Å². The third-order valence-electron chi connectivity index (χ3n) is 3.99. The second kappa shape index (κ2) is 10.3. The fourth-order valence-electron chi connectivity index (χ4n) is 2.50. The number of nitro benzene ring substituents is 1. The predicted molar refractivity (Wildman–Crippen MR) is 113 cm³/mol. The van der Waals surface area contributed by atoms with E-state index in [-0.39, 0.29) is 28.8 Å². The molecule has 0 radical (unpaired) electrons. The van der Waals surface area contributed by atoms with Gasteiger partial charge >= 0.3 is 5.97 Å². The minimum absolute atomic E-state index is 0.0474. The standard InChI is InChI=1S/C19H20ClN5O5/c1-4-24(11-19(27)30-3)13-5-8-17(18(10-13)21-12(2)26)23-22-16-7-6-14(25(28)29)9-15(16)20/h5-10H,4,11H2,1-3H3,(H,21,26). The Labute approximate surface area is 177 Å². The van der Waals surface area contributed by atoms with Crippen molar-refractivity contribution in [3.05, 3.63) is 51.5 Å². The highest BCUT2D eigenvalue weighted by atomic mass is 35.5. The van der Waals surface area contributed by atoms with E-state index in [9.17, 15) is 19.7 Å². The number of benzene rings is 2. The van der Waals surface area contributed by atoms with Crippen LogP contribution in [0.5, 0.6) is 0 Å². The Morgan fingerprint density at radius 3 is 2.43 bits per heavy atom. The van der Waals surface area contributed by atoms with Crippen molar-refractivity contribution in [1.82, 2.24) is 0 Å². The number of hydrogen-bond donors (Lipinski definition) is 1. The fraction of sp³-hybridized carbons (Fsp3) is 0.263. The van der Waals surface area contributed by atoms with Gasteiger partial charge in [-0.05, 0) is 31.2 Å². The summed E-state index contributed by atoms with van der Waals surface area (Å²) in [5.41, 5.74) is 1.48. The van der Waals surface area contributed by atoms with Crippen molar-refractivity contribution in [2.75, 3.05) is 30.4 Å². The molecule has 0 spiro atoms. The van der Waals surface area contributed by atoms with Crippen LogP contribution in [0.1, 0.15) is 13.8 Å². The van der Waals surface area contributed by atoms with Gasteiger partial charge in [-0.15, -0.1) is 10.2 Å². The number of carbonyl (C=O) groups is 2. The molecule has 1 amide bonds. The molecule has 2 rings (SSSR count). The number of rotatable bonds is 8. The van der Waals surface area contributed by atoms with Crippen LogP contribution in [0.2, 0.25) is 5.02 Å². The highest BCUT2D eigenvalue weighted by Crippen LogP contribution is 2.34. The van der Waals surface area contributed by atoms with Gasteiger partial charge in [0.05, 0.1) is 22.7 Å². The van der Waals surface area contributed by atoms with E-state index in [4.69, 9.17) is 16.3 Å². The summed E-state index contributed by atoms with van der Waals surface area (Å²) >= 11 is 6.03. The number of methoxy groups -OCH3 is 1. The van der Waals surface area contributed by atoms with Crippen molar-refractivity contribution in [2.45, 2.75) is 13.8 Å². The van der Waals surface area contributed by atoms with E-state index in [2.05, 4.69) is 15.5 Å². The molecule has 158 valence electrons. The molecular weight excluding hydrogens is 414 g/mol. The normalized spacial score (nSPS) is 10.7. The summed E-state index contributed by atoms with van der Waals surface area (Å²) in [5.74, 6) is -0.706. The third-order valence-corrected chi connectivity index (χ3v) is 4.30. The maximum absolute atomic E-state index is 11.6. The first kappa shape index (κ1) is 22.8. The van der Waals surface area contributed by atoms with E-state index in [0.29, 0.717) is 23.6 Å². The Morgan fingerprint density at radius 2 is 1.87 bits per heavy atom. The molecule has 1 N–H and O–H groups in total. The van der Waals surface area contributed by atoms with Gasteiger partial charge in [0.25, 0.3) is 5.69 Å². The van der Waals surface area contributed by atoms with Crippen LogP contribution in [0.15, 0.2) is 46.6 Å². The molecule has 0 aliphatic heterocycles. The van der Waals surface area contributed by atoms with Crippen LogP contribution in [-0.4, -0.2) is 37.0 Å². The SMILES string of the molecule is CCN(CC(=O)OC)c1ccc(N=Nc2ccc([N+](=O)[O-])cc2Cl)c(NC(C)=O)c1. The van der Waals surface area contributed by atoms with Gasteiger partial charge < -0.3 is 15.0 Å². The molecule has 0 saturated heterocycles. The van der Waals surface area contributed by atoms with Crippen molar-refractivity contribution in [2.24, 2.45) is 10.2 Å². The van der Waals surface area contributed by atoms with Crippen LogP contribution in [-0.2, 0) is 14.3 Å². The van der Waals surface area contributed by atoms with Gasteiger partial charge in [-0.1, -0.05) is 11.6 Å². The number of nitrogens with one attached hydrogen (secondary N) is 1. The van der Waals surface area contributed by atoms with Crippen LogP contribution < -0.4 is 10.2 Å². The Kier molecular flexibility index (Phi) is 7.82.